The third-order valence-electron chi connectivity index (χ3n) is 8.85. The quantitative estimate of drug-likeness (QED) is 0.0319. The summed E-state index contributed by atoms with van der Waals surface area (Å²) < 4.78 is 11.0. The smallest absolute Gasteiger partial charge is 0.305 e. The van der Waals surface area contributed by atoms with Gasteiger partial charge in [0.15, 0.2) is 0 Å². The number of carbonyl (C=O) groups is 9. The Morgan fingerprint density at radius 2 is 0.885 bits per heavy atom. The van der Waals surface area contributed by atoms with Gasteiger partial charge in [-0.3, -0.25) is 43.2 Å². The lowest BCUT2D eigenvalue weighted by Crippen LogP contribution is -2.49. The third kappa shape index (κ3) is 30.3. The van der Waals surface area contributed by atoms with Crippen molar-refractivity contribution in [1.29, 1.82) is 0 Å². The first-order valence-corrected chi connectivity index (χ1v) is 20.4. The van der Waals surface area contributed by atoms with Gasteiger partial charge >= 0.3 is 17.9 Å². The number of amides is 6. The van der Waals surface area contributed by atoms with E-state index in [2.05, 4.69) is 45.1 Å². The molecule has 61 heavy (non-hydrogen) atoms. The molecule has 0 aromatic heterocycles. The maximum Gasteiger partial charge on any atom is 0.305 e. The van der Waals surface area contributed by atoms with E-state index in [4.69, 9.17) is 14.6 Å². The molecular weight excluding hydrogens is 800 g/mol. The summed E-state index contributed by atoms with van der Waals surface area (Å²) in [5.74, 6) is -6.81. The molecule has 0 rings (SSSR count). The first-order valence-electron chi connectivity index (χ1n) is 20.4. The highest BCUT2D eigenvalue weighted by atomic mass is 16.5. The van der Waals surface area contributed by atoms with E-state index in [1.165, 1.54) is 19.1 Å². The van der Waals surface area contributed by atoms with E-state index in [-0.39, 0.29) is 102 Å². The Balaban J connectivity index is 5.80. The SMILES string of the molecule is C=CCOC[C@@H](CC(=O)N[C@@H](CC(=O)O)CC(C)C)NC(=O)C[C@H](CCC(=O)O)NC(=O)C[C@@H](NC(=O)C[C@H](COCC=C)NC(=O)C[C@H](CCC(=O)O)NC(C)=O)C(C)C. The molecular formula is C41H68N6O14. The second-order valence-corrected chi connectivity index (χ2v) is 15.6. The second kappa shape index (κ2) is 31.5. The largest absolute Gasteiger partial charge is 0.481 e. The summed E-state index contributed by atoms with van der Waals surface area (Å²) in [6.45, 7) is 15.7. The van der Waals surface area contributed by atoms with Gasteiger partial charge in [0.1, 0.15) is 0 Å². The van der Waals surface area contributed by atoms with E-state index in [1.807, 2.05) is 13.8 Å². The lowest BCUT2D eigenvalue weighted by Gasteiger charge is -2.26. The van der Waals surface area contributed by atoms with E-state index in [0.29, 0.717) is 6.42 Å². The predicted molar refractivity (Wildman–Crippen MR) is 223 cm³/mol. The molecule has 0 bridgehead atoms. The van der Waals surface area contributed by atoms with Crippen LogP contribution in [0, 0.1) is 11.8 Å². The summed E-state index contributed by atoms with van der Waals surface area (Å²) in [6, 6.07) is -4.82. The van der Waals surface area contributed by atoms with Crippen LogP contribution in [-0.4, -0.2) is 131 Å². The molecule has 0 aliphatic heterocycles. The van der Waals surface area contributed by atoms with Gasteiger partial charge in [0.2, 0.25) is 35.4 Å². The van der Waals surface area contributed by atoms with Crippen molar-refractivity contribution in [3.8, 4) is 0 Å². The summed E-state index contributed by atoms with van der Waals surface area (Å²) in [6.07, 6.45) is 0.887. The average Bonchev–Trinajstić information content (AvgIpc) is 3.11. The average molecular weight is 869 g/mol. The first-order chi connectivity index (χ1) is 28.6. The summed E-state index contributed by atoms with van der Waals surface area (Å²) in [4.78, 5) is 111. The molecule has 0 radical (unpaired) electrons. The standard InChI is InChI=1S/C41H68N6O14/c1-8-14-60-23-31(19-36(51)44-30(16-25(3)4)21-41(58)59)45-35(50)18-29(11-13-40(56)57)43-38(53)22-33(26(5)6)47-37(52)20-32(24-61-15-9-2)46-34(49)17-28(42-27(7)48)10-12-39(54)55/h8-9,25-26,28-33H,1-2,10-24H2,3-7H3,(H,42,48)(H,43,53)(H,44,51)(H,45,50)(H,46,49)(H,47,52)(H,54,55)(H,56,57)(H,58,59)/t28-,29-,30+,31+,32+,33+/m0/s1. The van der Waals surface area contributed by atoms with Crippen molar-refractivity contribution in [2.24, 2.45) is 11.8 Å². The number of carbonyl (C=O) groups excluding carboxylic acids is 6. The zero-order valence-corrected chi connectivity index (χ0v) is 36.1. The Hall–Kier alpha value is -5.37. The highest BCUT2D eigenvalue weighted by molar-refractivity contribution is 5.84. The molecule has 0 spiro atoms. The molecule has 0 saturated heterocycles. The highest BCUT2D eigenvalue weighted by Crippen LogP contribution is 2.12. The van der Waals surface area contributed by atoms with Crippen LogP contribution >= 0.6 is 0 Å². The van der Waals surface area contributed by atoms with Gasteiger partial charge in [-0.25, -0.2) is 0 Å². The summed E-state index contributed by atoms with van der Waals surface area (Å²) in [5, 5.41) is 43.8. The van der Waals surface area contributed by atoms with Crippen LogP contribution in [0.3, 0.4) is 0 Å². The number of aliphatic carboxylic acids is 3. The molecule has 0 aliphatic carbocycles. The van der Waals surface area contributed by atoms with Crippen molar-refractivity contribution in [2.45, 2.75) is 141 Å². The number of carboxylic acids is 3. The van der Waals surface area contributed by atoms with Crippen LogP contribution < -0.4 is 31.9 Å². The molecule has 9 N–H and O–H groups in total. The topological polar surface area (TPSA) is 305 Å². The Kier molecular flexibility index (Phi) is 28.7. The fraction of sp³-hybridized carbons (Fsp3) is 0.683. The number of hydrogen-bond acceptors (Lipinski definition) is 11. The van der Waals surface area contributed by atoms with E-state index in [1.54, 1.807) is 13.8 Å². The van der Waals surface area contributed by atoms with Crippen molar-refractivity contribution in [1.82, 2.24) is 31.9 Å². The number of nitrogens with one attached hydrogen (secondary N) is 6. The van der Waals surface area contributed by atoms with Gasteiger partial charge in [0, 0.05) is 76.0 Å². The van der Waals surface area contributed by atoms with Gasteiger partial charge in [-0.1, -0.05) is 39.8 Å². The van der Waals surface area contributed by atoms with Crippen LogP contribution in [-0.2, 0) is 52.6 Å². The van der Waals surface area contributed by atoms with Crippen LogP contribution in [0.2, 0.25) is 0 Å². The molecule has 20 heteroatoms. The lowest BCUT2D eigenvalue weighted by molar-refractivity contribution is -0.139. The Bertz CT molecular complexity index is 1470. The molecule has 0 heterocycles. The van der Waals surface area contributed by atoms with Gasteiger partial charge in [0.05, 0.1) is 44.9 Å². The number of rotatable bonds is 35. The minimum atomic E-state index is -1.17. The lowest BCUT2D eigenvalue weighted by atomic mass is 9.99. The van der Waals surface area contributed by atoms with Gasteiger partial charge in [-0.2, -0.15) is 0 Å². The molecule has 346 valence electrons. The molecule has 0 aromatic rings. The van der Waals surface area contributed by atoms with Crippen LogP contribution in [0.15, 0.2) is 25.3 Å². The minimum absolute atomic E-state index is 0.00132. The monoisotopic (exact) mass is 868 g/mol. The van der Waals surface area contributed by atoms with Crippen LogP contribution in [0.1, 0.15) is 105 Å². The van der Waals surface area contributed by atoms with Crippen molar-refractivity contribution in [2.75, 3.05) is 26.4 Å². The summed E-state index contributed by atoms with van der Waals surface area (Å²) in [7, 11) is 0. The third-order valence-corrected chi connectivity index (χ3v) is 8.85. The zero-order chi connectivity index (χ0) is 46.5. The van der Waals surface area contributed by atoms with Crippen LogP contribution in [0.5, 0.6) is 0 Å². The Morgan fingerprint density at radius 3 is 1.26 bits per heavy atom. The molecule has 0 unspecified atom stereocenters. The summed E-state index contributed by atoms with van der Waals surface area (Å²) >= 11 is 0. The van der Waals surface area contributed by atoms with Gasteiger partial charge in [-0.05, 0) is 31.1 Å². The molecule has 0 saturated carbocycles. The second-order valence-electron chi connectivity index (χ2n) is 15.6. The predicted octanol–water partition coefficient (Wildman–Crippen LogP) is 1.18. The zero-order valence-electron chi connectivity index (χ0n) is 36.1. The number of ether oxygens (including phenoxy) is 2. The Labute approximate surface area is 357 Å². The van der Waals surface area contributed by atoms with Crippen molar-refractivity contribution >= 4 is 53.4 Å². The Morgan fingerprint density at radius 1 is 0.508 bits per heavy atom. The summed E-state index contributed by atoms with van der Waals surface area (Å²) in [5.41, 5.74) is 0. The maximum absolute atomic E-state index is 13.4. The van der Waals surface area contributed by atoms with Crippen LogP contribution in [0.4, 0.5) is 0 Å². The fourth-order valence-corrected chi connectivity index (χ4v) is 6.16. The maximum atomic E-state index is 13.4. The van der Waals surface area contributed by atoms with E-state index in [0.717, 1.165) is 0 Å². The van der Waals surface area contributed by atoms with E-state index in [9.17, 15) is 53.4 Å². The van der Waals surface area contributed by atoms with Crippen molar-refractivity contribution < 1.29 is 67.9 Å². The molecule has 0 aromatic carbocycles. The molecule has 6 atom stereocenters. The number of hydrogen-bond donors (Lipinski definition) is 9. The minimum Gasteiger partial charge on any atom is -0.481 e. The normalized spacial score (nSPS) is 14.0. The number of carboxylic acid groups (broad SMARTS) is 3. The first kappa shape index (κ1) is 55.6. The van der Waals surface area contributed by atoms with Gasteiger partial charge < -0.3 is 56.7 Å². The van der Waals surface area contributed by atoms with Crippen LogP contribution in [0.25, 0.3) is 0 Å². The molecule has 0 aliphatic rings. The van der Waals surface area contributed by atoms with Gasteiger partial charge in [-0.15, -0.1) is 13.2 Å². The van der Waals surface area contributed by atoms with Crippen molar-refractivity contribution in [3.63, 3.8) is 0 Å². The van der Waals surface area contributed by atoms with Gasteiger partial charge in [0.25, 0.3) is 0 Å². The fourth-order valence-electron chi connectivity index (χ4n) is 6.16. The molecule has 6 amide bonds. The molecule has 20 nitrogen and oxygen atoms in total. The van der Waals surface area contributed by atoms with E-state index >= 15 is 0 Å². The van der Waals surface area contributed by atoms with E-state index < -0.39 is 89.6 Å². The van der Waals surface area contributed by atoms with Crippen molar-refractivity contribution in [3.05, 3.63) is 25.3 Å². The highest BCUT2D eigenvalue weighted by Gasteiger charge is 2.27. The molecule has 0 fully saturated rings.